The Morgan fingerprint density at radius 3 is 2.29 bits per heavy atom. The van der Waals surface area contributed by atoms with Crippen LogP contribution in [0.4, 0.5) is 17.1 Å². The predicted octanol–water partition coefficient (Wildman–Crippen LogP) is 5.19. The van der Waals surface area contributed by atoms with Gasteiger partial charge in [-0.1, -0.05) is 17.7 Å². The first-order chi connectivity index (χ1) is 8.08. The highest BCUT2D eigenvalue weighted by Crippen LogP contribution is 2.35. The highest BCUT2D eigenvalue weighted by atomic mass is 79.9. The van der Waals surface area contributed by atoms with Gasteiger partial charge in [0.25, 0.3) is 0 Å². The van der Waals surface area contributed by atoms with Crippen LogP contribution in [0.25, 0.3) is 0 Å². The summed E-state index contributed by atoms with van der Waals surface area (Å²) in [5, 5.41) is 3.85. The Bertz CT molecular complexity index is 538. The van der Waals surface area contributed by atoms with E-state index in [1.165, 1.54) is 0 Å². The fraction of sp³-hybridized carbons (Fsp3) is 0. The van der Waals surface area contributed by atoms with E-state index in [-0.39, 0.29) is 0 Å². The molecule has 0 aromatic heterocycles. The van der Waals surface area contributed by atoms with Crippen molar-refractivity contribution in [2.24, 2.45) is 0 Å². The van der Waals surface area contributed by atoms with Gasteiger partial charge in [0, 0.05) is 14.6 Å². The number of nitrogen functional groups attached to an aromatic ring is 1. The van der Waals surface area contributed by atoms with E-state index >= 15 is 0 Å². The summed E-state index contributed by atoms with van der Waals surface area (Å²) in [5.74, 6) is 0. The van der Waals surface area contributed by atoms with Gasteiger partial charge >= 0.3 is 0 Å². The molecule has 2 aromatic rings. The van der Waals surface area contributed by atoms with Gasteiger partial charge in [-0.15, -0.1) is 0 Å². The number of para-hydroxylation sites is 1. The lowest BCUT2D eigenvalue weighted by atomic mass is 10.2. The number of nitrogens with one attached hydrogen (secondary N) is 1. The average Bonchev–Trinajstić information content (AvgIpc) is 2.26. The third-order valence-corrected chi connectivity index (χ3v) is 3.85. The second kappa shape index (κ2) is 5.29. The molecule has 0 amide bonds. The molecule has 2 aromatic carbocycles. The van der Waals surface area contributed by atoms with Crippen molar-refractivity contribution >= 4 is 60.5 Å². The van der Waals surface area contributed by atoms with Crippen molar-refractivity contribution in [1.82, 2.24) is 0 Å². The van der Waals surface area contributed by atoms with Crippen LogP contribution in [0.1, 0.15) is 0 Å². The molecule has 0 fully saturated rings. The van der Waals surface area contributed by atoms with E-state index in [4.69, 9.17) is 17.3 Å². The molecule has 88 valence electrons. The summed E-state index contributed by atoms with van der Waals surface area (Å²) in [4.78, 5) is 0. The van der Waals surface area contributed by atoms with Crippen LogP contribution in [0.15, 0.2) is 45.3 Å². The third kappa shape index (κ3) is 2.94. The Hall–Kier alpha value is -0.710. The van der Waals surface area contributed by atoms with Gasteiger partial charge in [0.1, 0.15) is 0 Å². The first kappa shape index (κ1) is 12.7. The molecule has 3 N–H and O–H groups in total. The highest BCUT2D eigenvalue weighted by Gasteiger charge is 2.07. The molecule has 2 rings (SSSR count). The smallest absolute Gasteiger partial charge is 0.0673 e. The van der Waals surface area contributed by atoms with Crippen LogP contribution in [-0.4, -0.2) is 0 Å². The molecule has 0 atom stereocenters. The zero-order valence-corrected chi connectivity index (χ0v) is 12.6. The van der Waals surface area contributed by atoms with Gasteiger partial charge in [0.15, 0.2) is 0 Å². The zero-order valence-electron chi connectivity index (χ0n) is 8.68. The molecule has 5 heteroatoms. The summed E-state index contributed by atoms with van der Waals surface area (Å²) in [6.45, 7) is 0. The quantitative estimate of drug-likeness (QED) is 0.708. The lowest BCUT2D eigenvalue weighted by Crippen LogP contribution is -1.94. The van der Waals surface area contributed by atoms with Crippen LogP contribution < -0.4 is 11.1 Å². The van der Waals surface area contributed by atoms with Crippen LogP contribution in [0.5, 0.6) is 0 Å². The molecule has 0 aliphatic rings. The largest absolute Gasteiger partial charge is 0.399 e. The van der Waals surface area contributed by atoms with Crippen LogP contribution in [0.2, 0.25) is 5.02 Å². The summed E-state index contributed by atoms with van der Waals surface area (Å²) in [7, 11) is 0. The Morgan fingerprint density at radius 2 is 1.71 bits per heavy atom. The number of nitrogens with two attached hydrogens (primary N) is 1. The van der Waals surface area contributed by atoms with E-state index in [0.717, 1.165) is 20.3 Å². The molecule has 0 radical (unpaired) electrons. The van der Waals surface area contributed by atoms with Crippen LogP contribution in [0.3, 0.4) is 0 Å². The second-order valence-electron chi connectivity index (χ2n) is 3.46. The fourth-order valence-corrected chi connectivity index (χ4v) is 2.82. The lowest BCUT2D eigenvalue weighted by Gasteiger charge is -2.12. The van der Waals surface area contributed by atoms with Crippen molar-refractivity contribution in [2.75, 3.05) is 11.1 Å². The predicted molar refractivity (Wildman–Crippen MR) is 81.0 cm³/mol. The van der Waals surface area contributed by atoms with Crippen LogP contribution >= 0.6 is 43.5 Å². The van der Waals surface area contributed by atoms with Gasteiger partial charge in [-0.3, -0.25) is 0 Å². The number of hydrogen-bond acceptors (Lipinski definition) is 2. The monoisotopic (exact) mass is 374 g/mol. The van der Waals surface area contributed by atoms with Crippen molar-refractivity contribution in [1.29, 1.82) is 0 Å². The average molecular weight is 376 g/mol. The molecule has 0 aliphatic carbocycles. The van der Waals surface area contributed by atoms with Gasteiger partial charge in [0.05, 0.1) is 16.4 Å². The van der Waals surface area contributed by atoms with Gasteiger partial charge in [-0.25, -0.2) is 0 Å². The summed E-state index contributed by atoms with van der Waals surface area (Å²) in [5.41, 5.74) is 8.04. The normalized spacial score (nSPS) is 10.3. The van der Waals surface area contributed by atoms with E-state index in [9.17, 15) is 0 Å². The maximum absolute atomic E-state index is 6.11. The van der Waals surface area contributed by atoms with Crippen molar-refractivity contribution in [2.45, 2.75) is 0 Å². The molecule has 0 heterocycles. The lowest BCUT2D eigenvalue weighted by molar-refractivity contribution is 1.50. The summed E-state index contributed by atoms with van der Waals surface area (Å²) in [6, 6.07) is 11.2. The Labute approximate surface area is 121 Å². The zero-order chi connectivity index (χ0) is 12.4. The summed E-state index contributed by atoms with van der Waals surface area (Å²) >= 11 is 13.1. The molecule has 0 unspecified atom stereocenters. The van der Waals surface area contributed by atoms with Crippen molar-refractivity contribution in [3.05, 3.63) is 50.4 Å². The minimum Gasteiger partial charge on any atom is -0.399 e. The Balaban J connectivity index is 2.38. The second-order valence-corrected chi connectivity index (χ2v) is 5.58. The Kier molecular flexibility index (Phi) is 3.97. The van der Waals surface area contributed by atoms with Crippen LogP contribution in [-0.2, 0) is 0 Å². The molecule has 0 spiro atoms. The Morgan fingerprint density at radius 1 is 1.06 bits per heavy atom. The number of anilines is 3. The molecule has 0 saturated carbocycles. The van der Waals surface area contributed by atoms with Crippen molar-refractivity contribution < 1.29 is 0 Å². The molecule has 0 bridgehead atoms. The fourth-order valence-electron chi connectivity index (χ4n) is 1.38. The maximum Gasteiger partial charge on any atom is 0.0673 e. The van der Waals surface area contributed by atoms with Gasteiger partial charge in [0.2, 0.25) is 0 Å². The molecular formula is C12H9Br2ClN2. The topological polar surface area (TPSA) is 38.0 Å². The molecule has 0 saturated heterocycles. The number of halogens is 3. The highest BCUT2D eigenvalue weighted by molar-refractivity contribution is 9.11. The van der Waals surface area contributed by atoms with Gasteiger partial charge in [-0.05, 0) is 62.2 Å². The number of benzene rings is 2. The van der Waals surface area contributed by atoms with E-state index in [1.807, 2.05) is 24.3 Å². The molecule has 17 heavy (non-hydrogen) atoms. The molecule has 2 nitrogen and oxygen atoms in total. The van der Waals surface area contributed by atoms with E-state index in [1.54, 1.807) is 12.1 Å². The van der Waals surface area contributed by atoms with Gasteiger partial charge in [-0.2, -0.15) is 0 Å². The van der Waals surface area contributed by atoms with Crippen molar-refractivity contribution in [3.63, 3.8) is 0 Å². The minimum atomic E-state index is 0.590. The number of hydrogen-bond donors (Lipinski definition) is 2. The maximum atomic E-state index is 6.11. The number of rotatable bonds is 2. The molecule has 0 aliphatic heterocycles. The third-order valence-electron chi connectivity index (χ3n) is 2.22. The first-order valence-electron chi connectivity index (χ1n) is 4.84. The van der Waals surface area contributed by atoms with Crippen molar-refractivity contribution in [3.8, 4) is 0 Å². The first-order valence-corrected chi connectivity index (χ1v) is 6.80. The van der Waals surface area contributed by atoms with E-state index in [2.05, 4.69) is 37.2 Å². The van der Waals surface area contributed by atoms with E-state index in [0.29, 0.717) is 10.7 Å². The van der Waals surface area contributed by atoms with Crippen LogP contribution in [0, 0.1) is 0 Å². The summed E-state index contributed by atoms with van der Waals surface area (Å²) < 4.78 is 1.92. The molecular weight excluding hydrogens is 367 g/mol. The van der Waals surface area contributed by atoms with Gasteiger partial charge < -0.3 is 11.1 Å². The minimum absolute atomic E-state index is 0.590. The standard InChI is InChI=1S/C12H9Br2ClN2/c13-8-2-1-3-9(14)12(8)17-11-5-4-7(16)6-10(11)15/h1-6,17H,16H2. The SMILES string of the molecule is Nc1ccc(Nc2c(Br)cccc2Br)c(Cl)c1. The summed E-state index contributed by atoms with van der Waals surface area (Å²) in [6.07, 6.45) is 0. The van der Waals surface area contributed by atoms with E-state index < -0.39 is 0 Å².